The first-order valence-corrected chi connectivity index (χ1v) is 10.6. The summed E-state index contributed by atoms with van der Waals surface area (Å²) in [5, 5.41) is -0.168. The zero-order valence-electron chi connectivity index (χ0n) is 15.8. The topological polar surface area (TPSA) is 62.3 Å². The van der Waals surface area contributed by atoms with E-state index in [9.17, 15) is 9.59 Å². The van der Waals surface area contributed by atoms with Crippen LogP contribution in [0.2, 0.25) is 0 Å². The van der Waals surface area contributed by atoms with Crippen molar-refractivity contribution in [1.82, 2.24) is 14.7 Å². The van der Waals surface area contributed by atoms with E-state index in [1.54, 1.807) is 16.7 Å². The molecule has 0 spiro atoms. The molecule has 0 aromatic heterocycles. The summed E-state index contributed by atoms with van der Waals surface area (Å²) in [6, 6.07) is 6.05. The van der Waals surface area contributed by atoms with Gasteiger partial charge in [0, 0.05) is 51.6 Å². The van der Waals surface area contributed by atoms with Crippen molar-refractivity contribution in [3.05, 3.63) is 36.4 Å². The molecule has 0 aliphatic carbocycles. The normalized spacial score (nSPS) is 22.2. The highest BCUT2D eigenvalue weighted by atomic mass is 32.2. The first-order chi connectivity index (χ1) is 13.6. The van der Waals surface area contributed by atoms with E-state index in [1.807, 2.05) is 17.0 Å². The molecule has 0 N–H and O–H groups in total. The summed E-state index contributed by atoms with van der Waals surface area (Å²) in [5.74, 6) is 2.45. The van der Waals surface area contributed by atoms with Gasteiger partial charge in [-0.15, -0.1) is 11.8 Å². The van der Waals surface area contributed by atoms with E-state index in [0.29, 0.717) is 13.1 Å². The van der Waals surface area contributed by atoms with E-state index < -0.39 is 0 Å². The Morgan fingerprint density at radius 3 is 2.68 bits per heavy atom. The van der Waals surface area contributed by atoms with Crippen LogP contribution >= 0.6 is 11.8 Å². The number of fused-ring (bicyclic) bond motifs is 1. The molecule has 2 fully saturated rings. The predicted molar refractivity (Wildman–Crippen MR) is 107 cm³/mol. The first kappa shape index (κ1) is 19.1. The van der Waals surface area contributed by atoms with E-state index in [2.05, 4.69) is 17.5 Å². The van der Waals surface area contributed by atoms with Gasteiger partial charge in [-0.3, -0.25) is 14.5 Å². The molecule has 3 heterocycles. The number of piperazine rings is 1. The molecule has 3 aliphatic rings. The van der Waals surface area contributed by atoms with Gasteiger partial charge < -0.3 is 19.3 Å². The Kier molecular flexibility index (Phi) is 5.77. The number of nitrogens with zero attached hydrogens (tertiary/aromatic N) is 3. The zero-order valence-corrected chi connectivity index (χ0v) is 16.7. The van der Waals surface area contributed by atoms with Crippen molar-refractivity contribution in [2.45, 2.75) is 11.8 Å². The molecule has 150 valence electrons. The monoisotopic (exact) mass is 403 g/mol. The van der Waals surface area contributed by atoms with Gasteiger partial charge in [0.05, 0.1) is 0 Å². The van der Waals surface area contributed by atoms with Gasteiger partial charge in [-0.1, -0.05) is 12.6 Å². The van der Waals surface area contributed by atoms with Crippen molar-refractivity contribution >= 4 is 23.6 Å². The van der Waals surface area contributed by atoms with Crippen LogP contribution in [0.15, 0.2) is 30.9 Å². The molecule has 0 bridgehead atoms. The van der Waals surface area contributed by atoms with E-state index in [-0.39, 0.29) is 23.9 Å². The molecule has 8 heteroatoms. The number of amides is 2. The Morgan fingerprint density at radius 2 is 1.89 bits per heavy atom. The number of rotatable bonds is 4. The van der Waals surface area contributed by atoms with Crippen molar-refractivity contribution in [1.29, 1.82) is 0 Å². The second-order valence-electron chi connectivity index (χ2n) is 7.14. The first-order valence-electron chi connectivity index (χ1n) is 9.56. The number of benzene rings is 1. The van der Waals surface area contributed by atoms with Gasteiger partial charge in [0.25, 0.3) is 0 Å². The van der Waals surface area contributed by atoms with Crippen LogP contribution in [0.25, 0.3) is 0 Å². The van der Waals surface area contributed by atoms with Crippen molar-refractivity contribution in [3.63, 3.8) is 0 Å². The van der Waals surface area contributed by atoms with Crippen LogP contribution in [0.5, 0.6) is 11.5 Å². The molecule has 1 unspecified atom stereocenters. The fraction of sp³-hybridized carbons (Fsp3) is 0.500. The van der Waals surface area contributed by atoms with Gasteiger partial charge >= 0.3 is 0 Å². The lowest BCUT2D eigenvalue weighted by Gasteiger charge is -2.38. The average Bonchev–Trinajstić information content (AvgIpc) is 3.21. The summed E-state index contributed by atoms with van der Waals surface area (Å²) in [6.45, 7) is 8.94. The van der Waals surface area contributed by atoms with Crippen LogP contribution in [-0.2, 0) is 16.1 Å². The Labute approximate surface area is 169 Å². The molecule has 1 atom stereocenters. The average molecular weight is 404 g/mol. The maximum atomic E-state index is 12.9. The number of ether oxygens (including phenoxy) is 2. The highest BCUT2D eigenvalue weighted by Gasteiger charge is 2.32. The Hall–Kier alpha value is -2.19. The molecule has 4 rings (SSSR count). The highest BCUT2D eigenvalue weighted by molar-refractivity contribution is 8.00. The molecule has 3 aliphatic heterocycles. The molecule has 2 saturated heterocycles. The minimum Gasteiger partial charge on any atom is -0.454 e. The Morgan fingerprint density at radius 1 is 1.11 bits per heavy atom. The maximum Gasteiger partial charge on any atom is 0.246 e. The van der Waals surface area contributed by atoms with Crippen molar-refractivity contribution < 1.29 is 19.1 Å². The van der Waals surface area contributed by atoms with E-state index in [4.69, 9.17) is 9.47 Å². The summed E-state index contributed by atoms with van der Waals surface area (Å²) in [5.41, 5.74) is 1.19. The largest absolute Gasteiger partial charge is 0.454 e. The number of carbonyl (C=O) groups is 2. The van der Waals surface area contributed by atoms with Gasteiger partial charge in [-0.25, -0.2) is 0 Å². The smallest absolute Gasteiger partial charge is 0.246 e. The molecule has 2 amide bonds. The number of hydrogen-bond acceptors (Lipinski definition) is 6. The fourth-order valence-corrected chi connectivity index (χ4v) is 4.94. The third kappa shape index (κ3) is 4.12. The lowest BCUT2D eigenvalue weighted by Crippen LogP contribution is -2.54. The van der Waals surface area contributed by atoms with Crippen LogP contribution in [-0.4, -0.2) is 83.6 Å². The maximum absolute atomic E-state index is 12.9. The minimum absolute atomic E-state index is 0.0911. The fourth-order valence-electron chi connectivity index (χ4n) is 3.76. The lowest BCUT2D eigenvalue weighted by atomic mass is 10.1. The van der Waals surface area contributed by atoms with Crippen LogP contribution in [0.1, 0.15) is 5.56 Å². The molecular weight excluding hydrogens is 378 g/mol. The quantitative estimate of drug-likeness (QED) is 0.704. The summed E-state index contributed by atoms with van der Waals surface area (Å²) >= 11 is 1.65. The Bertz CT molecular complexity index is 764. The van der Waals surface area contributed by atoms with Crippen LogP contribution in [0, 0.1) is 0 Å². The number of carbonyl (C=O) groups excluding carboxylic acids is 2. The van der Waals surface area contributed by atoms with Crippen molar-refractivity contribution in [3.8, 4) is 11.5 Å². The molecule has 0 saturated carbocycles. The summed E-state index contributed by atoms with van der Waals surface area (Å²) < 4.78 is 10.8. The number of hydrogen-bond donors (Lipinski definition) is 0. The third-order valence-corrected chi connectivity index (χ3v) is 6.53. The molecule has 1 aromatic carbocycles. The Balaban J connectivity index is 1.28. The molecular formula is C20H25N3O4S. The van der Waals surface area contributed by atoms with Gasteiger partial charge in [0.2, 0.25) is 18.6 Å². The molecule has 1 aromatic rings. The van der Waals surface area contributed by atoms with Crippen LogP contribution < -0.4 is 9.47 Å². The second kappa shape index (κ2) is 8.45. The van der Waals surface area contributed by atoms with Crippen LogP contribution in [0.3, 0.4) is 0 Å². The van der Waals surface area contributed by atoms with Gasteiger partial charge in [0.1, 0.15) is 5.25 Å². The predicted octanol–water partition coefficient (Wildman–Crippen LogP) is 1.19. The molecule has 7 nitrogen and oxygen atoms in total. The van der Waals surface area contributed by atoms with Gasteiger partial charge in [-0.2, -0.15) is 0 Å². The van der Waals surface area contributed by atoms with E-state index >= 15 is 0 Å². The molecule has 0 radical (unpaired) electrons. The highest BCUT2D eigenvalue weighted by Crippen LogP contribution is 2.33. The molecule has 28 heavy (non-hydrogen) atoms. The van der Waals surface area contributed by atoms with Crippen molar-refractivity contribution in [2.75, 3.05) is 51.8 Å². The number of thioether (sulfide) groups is 1. The van der Waals surface area contributed by atoms with Crippen molar-refractivity contribution in [2.24, 2.45) is 0 Å². The van der Waals surface area contributed by atoms with E-state index in [1.165, 1.54) is 11.6 Å². The van der Waals surface area contributed by atoms with Gasteiger partial charge in [0.15, 0.2) is 11.5 Å². The van der Waals surface area contributed by atoms with Crippen LogP contribution in [0.4, 0.5) is 0 Å². The summed E-state index contributed by atoms with van der Waals surface area (Å²) in [7, 11) is 0. The summed E-state index contributed by atoms with van der Waals surface area (Å²) in [4.78, 5) is 30.8. The standard InChI is InChI=1S/C20H25N3O4S/c1-2-19(24)23-9-10-28-18(13-23)20(25)22-7-5-21(6-8-22)12-15-3-4-16-17(11-15)27-14-26-16/h2-4,11,18H,1,5-10,12-14H2. The SMILES string of the molecule is C=CC(=O)N1CCSC(C(=O)N2CCN(Cc3ccc4c(c3)OCO4)CC2)C1. The second-order valence-corrected chi connectivity index (χ2v) is 8.45. The third-order valence-electron chi connectivity index (χ3n) is 5.36. The van der Waals surface area contributed by atoms with Gasteiger partial charge in [-0.05, 0) is 23.8 Å². The lowest BCUT2D eigenvalue weighted by molar-refractivity contribution is -0.133. The summed E-state index contributed by atoms with van der Waals surface area (Å²) in [6.07, 6.45) is 1.33. The zero-order chi connectivity index (χ0) is 19.5. The minimum atomic E-state index is -0.168. The van der Waals surface area contributed by atoms with E-state index in [0.717, 1.165) is 50.0 Å².